The number of benzene rings is 2. The van der Waals surface area contributed by atoms with Crippen LogP contribution in [0.2, 0.25) is 0 Å². The summed E-state index contributed by atoms with van der Waals surface area (Å²) in [5.74, 6) is 1.27. The van der Waals surface area contributed by atoms with E-state index in [0.29, 0.717) is 70.0 Å². The third-order valence-corrected chi connectivity index (χ3v) is 11.5. The molecule has 13 heteroatoms. The first-order chi connectivity index (χ1) is 25.0. The molecule has 11 nitrogen and oxygen atoms in total. The van der Waals surface area contributed by atoms with Gasteiger partial charge in [-0.05, 0) is 75.6 Å². The van der Waals surface area contributed by atoms with Gasteiger partial charge in [0.05, 0.1) is 30.0 Å². The van der Waals surface area contributed by atoms with Crippen molar-refractivity contribution in [2.75, 3.05) is 47.5 Å². The number of anilines is 3. The molecule has 6 heterocycles. The largest absolute Gasteiger partial charge is 0.508 e. The number of amides is 1. The summed E-state index contributed by atoms with van der Waals surface area (Å²) in [7, 11) is 0. The Morgan fingerprint density at radius 3 is 2.73 bits per heavy atom. The van der Waals surface area contributed by atoms with Crippen molar-refractivity contribution in [2.24, 2.45) is 0 Å². The molecule has 4 aromatic rings. The van der Waals surface area contributed by atoms with Crippen LogP contribution in [0.15, 0.2) is 30.3 Å². The summed E-state index contributed by atoms with van der Waals surface area (Å²) in [4.78, 5) is 31.0. The lowest BCUT2D eigenvalue weighted by molar-refractivity contribution is -0.116. The summed E-state index contributed by atoms with van der Waals surface area (Å²) in [5.41, 5.74) is 3.88. The average Bonchev–Trinajstić information content (AvgIpc) is 3.72. The van der Waals surface area contributed by atoms with E-state index in [2.05, 4.69) is 14.7 Å². The molecule has 0 spiro atoms. The van der Waals surface area contributed by atoms with Crippen LogP contribution in [-0.2, 0) is 37.3 Å². The molecular formula is C39H48F2N8O3. The lowest BCUT2D eigenvalue weighted by atomic mass is 9.95. The van der Waals surface area contributed by atoms with Crippen molar-refractivity contribution >= 4 is 34.0 Å². The number of aryl methyl sites for hydroxylation is 2. The number of aromatic nitrogens is 4. The number of halogens is 2. The van der Waals surface area contributed by atoms with Gasteiger partial charge >= 0.3 is 6.01 Å². The summed E-state index contributed by atoms with van der Waals surface area (Å²) in [6.45, 7) is 12.1. The Hall–Kier alpha value is -4.52. The van der Waals surface area contributed by atoms with Gasteiger partial charge < -0.3 is 19.6 Å². The Morgan fingerprint density at radius 2 is 1.94 bits per heavy atom. The second-order valence-electron chi connectivity index (χ2n) is 15.2. The lowest BCUT2D eigenvalue weighted by Gasteiger charge is -2.35. The smallest absolute Gasteiger partial charge is 0.318 e. The molecule has 2 fully saturated rings. The van der Waals surface area contributed by atoms with E-state index in [1.54, 1.807) is 30.0 Å². The van der Waals surface area contributed by atoms with Crippen molar-refractivity contribution in [1.82, 2.24) is 24.6 Å². The molecule has 0 unspecified atom stereocenters. The Bertz CT molecular complexity index is 2020. The van der Waals surface area contributed by atoms with Gasteiger partial charge in [0, 0.05) is 74.3 Å². The quantitative estimate of drug-likeness (QED) is 0.238. The molecule has 2 saturated heterocycles. The van der Waals surface area contributed by atoms with E-state index in [-0.39, 0.29) is 35.1 Å². The maximum absolute atomic E-state index is 15.1. The highest BCUT2D eigenvalue weighted by Crippen LogP contribution is 2.42. The number of hydrogen-bond acceptors (Lipinski definition) is 9. The van der Waals surface area contributed by atoms with Crippen molar-refractivity contribution in [2.45, 2.75) is 104 Å². The fraction of sp³-hybridized carbons (Fsp3) is 0.538. The molecular weight excluding hydrogens is 666 g/mol. The predicted octanol–water partition coefficient (Wildman–Crippen LogP) is 5.92. The van der Waals surface area contributed by atoms with Crippen molar-refractivity contribution in [3.63, 3.8) is 0 Å². The first-order valence-corrected chi connectivity index (χ1v) is 18.8. The predicted molar refractivity (Wildman–Crippen MR) is 196 cm³/mol. The highest BCUT2D eigenvalue weighted by Gasteiger charge is 2.49. The van der Waals surface area contributed by atoms with Gasteiger partial charge in [0.25, 0.3) is 0 Å². The molecule has 2 atom stereocenters. The maximum Gasteiger partial charge on any atom is 0.318 e. The summed E-state index contributed by atoms with van der Waals surface area (Å²) in [6, 6.07) is 8.84. The zero-order chi connectivity index (χ0) is 36.3. The van der Waals surface area contributed by atoms with Crippen LogP contribution < -0.4 is 19.4 Å². The minimum atomic E-state index is -0.867. The number of rotatable bonds is 8. The molecule has 0 saturated carbocycles. The van der Waals surface area contributed by atoms with E-state index in [9.17, 15) is 14.3 Å². The van der Waals surface area contributed by atoms with Crippen LogP contribution >= 0.6 is 0 Å². The van der Waals surface area contributed by atoms with Gasteiger partial charge in [0.1, 0.15) is 30.2 Å². The Labute approximate surface area is 303 Å². The fourth-order valence-electron chi connectivity index (χ4n) is 9.17. The van der Waals surface area contributed by atoms with Crippen LogP contribution in [0, 0.1) is 5.82 Å². The number of ether oxygens (including phenoxy) is 1. The summed E-state index contributed by atoms with van der Waals surface area (Å²) < 4.78 is 38.3. The zero-order valence-corrected chi connectivity index (χ0v) is 30.5. The van der Waals surface area contributed by atoms with Gasteiger partial charge in [-0.3, -0.25) is 19.3 Å². The molecule has 1 N–H and O–H groups in total. The minimum Gasteiger partial charge on any atom is -0.508 e. The number of phenolic OH excluding ortho intramolecular Hbond substituents is 1. The fourth-order valence-corrected chi connectivity index (χ4v) is 9.17. The first-order valence-electron chi connectivity index (χ1n) is 18.8. The van der Waals surface area contributed by atoms with Crippen LogP contribution in [0.3, 0.4) is 0 Å². The number of phenols is 1. The van der Waals surface area contributed by atoms with Gasteiger partial charge in [-0.15, -0.1) is 0 Å². The van der Waals surface area contributed by atoms with E-state index in [0.717, 1.165) is 71.6 Å². The second-order valence-corrected chi connectivity index (χ2v) is 15.2. The monoisotopic (exact) mass is 714 g/mol. The van der Waals surface area contributed by atoms with E-state index >= 15 is 4.39 Å². The van der Waals surface area contributed by atoms with Crippen LogP contribution in [-0.4, -0.2) is 86.2 Å². The normalized spacial score (nSPS) is 21.7. The van der Waals surface area contributed by atoms with Gasteiger partial charge in [0.15, 0.2) is 5.82 Å². The molecule has 1 amide bonds. The first kappa shape index (κ1) is 34.6. The number of carbonyl (C=O) groups excluding carboxylic acids is 1. The highest BCUT2D eigenvalue weighted by atomic mass is 19.1. The molecule has 2 aromatic heterocycles. The number of nitrogens with zero attached hydrogens (tertiary/aromatic N) is 8. The van der Waals surface area contributed by atoms with Crippen LogP contribution in [0.1, 0.15) is 75.9 Å². The Kier molecular flexibility index (Phi) is 8.95. The molecule has 4 aliphatic rings. The number of carbonyl (C=O) groups is 1. The SMILES string of the molecule is CCc1c(F)ccc2cc(O)cc(N3CCc4c(nc(OC[C@@]56CCCN5C[C@H](F)C6)nc4N4CCCn5nc(N(C(C)=O)C(C)C)cc5C4)C3)c12. The summed E-state index contributed by atoms with van der Waals surface area (Å²) >= 11 is 0. The van der Waals surface area contributed by atoms with E-state index < -0.39 is 6.17 Å². The van der Waals surface area contributed by atoms with Gasteiger partial charge in [-0.1, -0.05) is 13.0 Å². The molecule has 276 valence electrons. The van der Waals surface area contributed by atoms with Crippen molar-refractivity contribution < 1.29 is 23.4 Å². The van der Waals surface area contributed by atoms with Crippen LogP contribution in [0.25, 0.3) is 10.8 Å². The molecule has 2 aromatic carbocycles. The maximum atomic E-state index is 15.1. The third kappa shape index (κ3) is 6.10. The van der Waals surface area contributed by atoms with Gasteiger partial charge in [-0.2, -0.15) is 15.1 Å². The third-order valence-electron chi connectivity index (χ3n) is 11.5. The van der Waals surface area contributed by atoms with Crippen LogP contribution in [0.4, 0.5) is 26.1 Å². The number of fused-ring (bicyclic) bond motifs is 4. The van der Waals surface area contributed by atoms with Crippen molar-refractivity contribution in [1.29, 1.82) is 0 Å². The Balaban J connectivity index is 1.17. The summed E-state index contributed by atoms with van der Waals surface area (Å²) in [6.07, 6.45) is 3.45. The molecule has 0 aliphatic carbocycles. The molecule has 52 heavy (non-hydrogen) atoms. The van der Waals surface area contributed by atoms with Gasteiger partial charge in [0.2, 0.25) is 5.91 Å². The number of hydrogen-bond donors (Lipinski definition) is 1. The van der Waals surface area contributed by atoms with Gasteiger partial charge in [-0.25, -0.2) is 8.78 Å². The van der Waals surface area contributed by atoms with Crippen molar-refractivity contribution in [3.8, 4) is 11.8 Å². The standard InChI is InChI=1S/C39H48F2N8O3/c1-5-30-32(41)9-8-26-16-29(51)18-34(36(26)30)45-15-10-31-33(22-45)42-38(52-23-39-11-6-13-47(39)20-27(40)19-39)43-37(31)46-12-7-14-48-28(21-46)17-35(44-48)49(24(2)3)25(4)50/h8-9,16-18,24,27,51H,5-7,10-15,19-23H2,1-4H3/t27-,39+/m1/s1. The van der Waals surface area contributed by atoms with E-state index in [4.69, 9.17) is 19.8 Å². The van der Waals surface area contributed by atoms with E-state index in [1.807, 2.05) is 31.5 Å². The second kappa shape index (κ2) is 13.5. The van der Waals surface area contributed by atoms with Crippen LogP contribution in [0.5, 0.6) is 11.8 Å². The highest BCUT2D eigenvalue weighted by molar-refractivity contribution is 5.98. The molecule has 0 bridgehead atoms. The minimum absolute atomic E-state index is 0.0272. The summed E-state index contributed by atoms with van der Waals surface area (Å²) in [5, 5.41) is 17.2. The number of aromatic hydroxyl groups is 1. The number of alkyl halides is 1. The molecule has 8 rings (SSSR count). The lowest BCUT2D eigenvalue weighted by Crippen LogP contribution is -2.43. The molecule has 4 aliphatic heterocycles. The zero-order valence-electron chi connectivity index (χ0n) is 30.5. The van der Waals surface area contributed by atoms with E-state index in [1.165, 1.54) is 6.07 Å². The Morgan fingerprint density at radius 1 is 1.10 bits per heavy atom. The van der Waals surface area contributed by atoms with Crippen molar-refractivity contribution in [3.05, 3.63) is 58.7 Å². The molecule has 0 radical (unpaired) electrons. The topological polar surface area (TPSA) is 103 Å². The average molecular weight is 715 g/mol.